The minimum atomic E-state index is -0.298. The van der Waals surface area contributed by atoms with Crippen molar-refractivity contribution in [3.05, 3.63) is 17.5 Å². The maximum atomic E-state index is 11.7. The lowest BCUT2D eigenvalue weighted by Gasteiger charge is -2.22. The van der Waals surface area contributed by atoms with Gasteiger partial charge >= 0.3 is 5.97 Å². The Morgan fingerprint density at radius 2 is 2.31 bits per heavy atom. The van der Waals surface area contributed by atoms with E-state index in [1.807, 2.05) is 0 Å². The summed E-state index contributed by atoms with van der Waals surface area (Å²) in [6.07, 6.45) is 3.85. The molecule has 0 unspecified atom stereocenters. The third kappa shape index (κ3) is 2.24. The van der Waals surface area contributed by atoms with Gasteiger partial charge in [0.1, 0.15) is 5.69 Å². The molecule has 0 aromatic carbocycles. The zero-order valence-corrected chi connectivity index (χ0v) is 9.45. The van der Waals surface area contributed by atoms with Crippen LogP contribution in [0.15, 0.2) is 6.20 Å². The highest BCUT2D eigenvalue weighted by molar-refractivity contribution is 5.89. The summed E-state index contributed by atoms with van der Waals surface area (Å²) < 4.78 is 4.99. The fraction of sp³-hybridized carbons (Fsp3) is 0.636. The number of piperidine rings is 1. The number of rotatable bonds is 3. The maximum Gasteiger partial charge on any atom is 0.356 e. The van der Waals surface area contributed by atoms with Gasteiger partial charge in [-0.25, -0.2) is 4.79 Å². The van der Waals surface area contributed by atoms with Crippen LogP contribution < -0.4 is 5.32 Å². The second-order valence-corrected chi connectivity index (χ2v) is 3.95. The Morgan fingerprint density at radius 3 is 3.00 bits per heavy atom. The molecule has 0 atom stereocenters. The summed E-state index contributed by atoms with van der Waals surface area (Å²) in [5.74, 6) is 0.118. The molecule has 88 valence electrons. The first-order valence-corrected chi connectivity index (χ1v) is 5.74. The summed E-state index contributed by atoms with van der Waals surface area (Å²) >= 11 is 0. The molecular formula is C11H17N3O2. The molecule has 16 heavy (non-hydrogen) atoms. The first-order chi connectivity index (χ1) is 7.83. The van der Waals surface area contributed by atoms with E-state index in [0.717, 1.165) is 31.5 Å². The van der Waals surface area contributed by atoms with Gasteiger partial charge in [0.05, 0.1) is 12.8 Å². The number of esters is 1. The Morgan fingerprint density at radius 1 is 1.56 bits per heavy atom. The van der Waals surface area contributed by atoms with Gasteiger partial charge in [-0.3, -0.25) is 5.10 Å². The molecule has 1 fully saturated rings. The molecule has 2 heterocycles. The van der Waals surface area contributed by atoms with Crippen LogP contribution in [0.1, 0.15) is 41.7 Å². The minimum absolute atomic E-state index is 0.298. The lowest BCUT2D eigenvalue weighted by Crippen LogP contribution is -2.27. The van der Waals surface area contributed by atoms with Crippen LogP contribution in [0, 0.1) is 0 Å². The number of nitrogens with one attached hydrogen (secondary N) is 2. The maximum absolute atomic E-state index is 11.7. The van der Waals surface area contributed by atoms with E-state index in [1.165, 1.54) is 0 Å². The van der Waals surface area contributed by atoms with Gasteiger partial charge in [-0.2, -0.15) is 5.10 Å². The third-order valence-electron chi connectivity index (χ3n) is 2.93. The van der Waals surface area contributed by atoms with Crippen LogP contribution >= 0.6 is 0 Å². The van der Waals surface area contributed by atoms with E-state index in [4.69, 9.17) is 4.74 Å². The van der Waals surface area contributed by atoms with Gasteiger partial charge in [-0.15, -0.1) is 0 Å². The summed E-state index contributed by atoms with van der Waals surface area (Å²) in [5, 5.41) is 10.0. The average Bonchev–Trinajstić information content (AvgIpc) is 2.79. The van der Waals surface area contributed by atoms with Crippen LogP contribution in [-0.2, 0) is 4.74 Å². The van der Waals surface area contributed by atoms with E-state index in [-0.39, 0.29) is 5.97 Å². The van der Waals surface area contributed by atoms with Crippen molar-refractivity contribution in [2.24, 2.45) is 0 Å². The predicted octanol–water partition coefficient (Wildman–Crippen LogP) is 1.05. The lowest BCUT2D eigenvalue weighted by molar-refractivity contribution is 0.0517. The molecular weight excluding hydrogens is 206 g/mol. The molecule has 0 radical (unpaired) electrons. The van der Waals surface area contributed by atoms with E-state index in [1.54, 1.807) is 13.1 Å². The Balaban J connectivity index is 2.14. The van der Waals surface area contributed by atoms with E-state index >= 15 is 0 Å². The normalized spacial score (nSPS) is 17.3. The molecule has 5 heteroatoms. The Kier molecular flexibility index (Phi) is 3.56. The minimum Gasteiger partial charge on any atom is -0.461 e. The van der Waals surface area contributed by atoms with Crippen molar-refractivity contribution in [1.29, 1.82) is 0 Å². The van der Waals surface area contributed by atoms with Crippen LogP contribution in [0.3, 0.4) is 0 Å². The van der Waals surface area contributed by atoms with E-state index in [2.05, 4.69) is 15.5 Å². The molecule has 1 aromatic rings. The average molecular weight is 223 g/mol. The number of hydrogen-bond donors (Lipinski definition) is 2. The smallest absolute Gasteiger partial charge is 0.356 e. The van der Waals surface area contributed by atoms with Crippen LogP contribution in [0.5, 0.6) is 0 Å². The number of hydrogen-bond acceptors (Lipinski definition) is 4. The molecule has 0 aliphatic carbocycles. The standard InChI is InChI=1S/C11H17N3O2/c1-2-16-11(15)10-9(7-13-14-10)8-3-5-12-6-4-8/h7-8,12H,2-6H2,1H3,(H,13,14). The van der Waals surface area contributed by atoms with Gasteiger partial charge in [-0.05, 0) is 38.8 Å². The van der Waals surface area contributed by atoms with Gasteiger partial charge in [0.25, 0.3) is 0 Å². The molecule has 2 N–H and O–H groups in total. The topological polar surface area (TPSA) is 67.0 Å². The highest BCUT2D eigenvalue weighted by atomic mass is 16.5. The third-order valence-corrected chi connectivity index (χ3v) is 2.93. The molecule has 1 saturated heterocycles. The van der Waals surface area contributed by atoms with Gasteiger partial charge in [0.15, 0.2) is 0 Å². The van der Waals surface area contributed by atoms with Crippen LogP contribution in [0.4, 0.5) is 0 Å². The summed E-state index contributed by atoms with van der Waals surface area (Å²) in [7, 11) is 0. The second kappa shape index (κ2) is 5.12. The Hall–Kier alpha value is -1.36. The number of aromatic amines is 1. The van der Waals surface area contributed by atoms with Crippen molar-refractivity contribution in [2.45, 2.75) is 25.7 Å². The molecule has 5 nitrogen and oxygen atoms in total. The van der Waals surface area contributed by atoms with Crippen LogP contribution in [0.2, 0.25) is 0 Å². The first kappa shape index (κ1) is 11.1. The van der Waals surface area contributed by atoms with Crippen LogP contribution in [-0.4, -0.2) is 35.9 Å². The first-order valence-electron chi connectivity index (χ1n) is 5.74. The van der Waals surface area contributed by atoms with Crippen molar-refractivity contribution in [1.82, 2.24) is 15.5 Å². The van der Waals surface area contributed by atoms with Crippen molar-refractivity contribution in [3.63, 3.8) is 0 Å². The van der Waals surface area contributed by atoms with Crippen molar-refractivity contribution >= 4 is 5.97 Å². The number of carbonyl (C=O) groups is 1. The van der Waals surface area contributed by atoms with Gasteiger partial charge in [0.2, 0.25) is 0 Å². The number of carbonyl (C=O) groups excluding carboxylic acids is 1. The van der Waals surface area contributed by atoms with E-state index in [9.17, 15) is 4.79 Å². The second-order valence-electron chi connectivity index (χ2n) is 3.95. The number of ether oxygens (including phenoxy) is 1. The fourth-order valence-corrected chi connectivity index (χ4v) is 2.10. The summed E-state index contributed by atoms with van der Waals surface area (Å²) in [6, 6.07) is 0. The molecule has 1 aromatic heterocycles. The van der Waals surface area contributed by atoms with E-state index in [0.29, 0.717) is 18.2 Å². The molecule has 2 rings (SSSR count). The highest BCUT2D eigenvalue weighted by Crippen LogP contribution is 2.27. The highest BCUT2D eigenvalue weighted by Gasteiger charge is 2.23. The zero-order valence-electron chi connectivity index (χ0n) is 9.45. The number of nitrogens with zero attached hydrogens (tertiary/aromatic N) is 1. The predicted molar refractivity (Wildman–Crippen MR) is 59.4 cm³/mol. The fourth-order valence-electron chi connectivity index (χ4n) is 2.10. The molecule has 1 aliphatic rings. The summed E-state index contributed by atoms with van der Waals surface area (Å²) in [4.78, 5) is 11.7. The molecule has 1 aliphatic heterocycles. The Labute approximate surface area is 94.6 Å². The van der Waals surface area contributed by atoms with Gasteiger partial charge in [-0.1, -0.05) is 0 Å². The molecule has 0 saturated carbocycles. The molecule has 0 bridgehead atoms. The van der Waals surface area contributed by atoms with Crippen molar-refractivity contribution < 1.29 is 9.53 Å². The molecule has 0 spiro atoms. The number of aromatic nitrogens is 2. The quantitative estimate of drug-likeness (QED) is 0.752. The van der Waals surface area contributed by atoms with Gasteiger partial charge in [0, 0.05) is 5.56 Å². The summed E-state index contributed by atoms with van der Waals surface area (Å²) in [6.45, 7) is 4.19. The van der Waals surface area contributed by atoms with Crippen molar-refractivity contribution in [2.75, 3.05) is 19.7 Å². The SMILES string of the molecule is CCOC(=O)c1[nH]ncc1C1CCNCC1. The summed E-state index contributed by atoms with van der Waals surface area (Å²) in [5.41, 5.74) is 1.52. The van der Waals surface area contributed by atoms with Crippen LogP contribution in [0.25, 0.3) is 0 Å². The number of H-pyrrole nitrogens is 1. The van der Waals surface area contributed by atoms with Gasteiger partial charge < -0.3 is 10.1 Å². The largest absolute Gasteiger partial charge is 0.461 e. The zero-order chi connectivity index (χ0) is 11.4. The Bertz CT molecular complexity index is 356. The lowest BCUT2D eigenvalue weighted by atomic mass is 9.90. The van der Waals surface area contributed by atoms with Crippen molar-refractivity contribution in [3.8, 4) is 0 Å². The monoisotopic (exact) mass is 223 g/mol. The van der Waals surface area contributed by atoms with E-state index < -0.39 is 0 Å². The molecule has 0 amide bonds.